The lowest BCUT2D eigenvalue weighted by atomic mass is 10.2. The van der Waals surface area contributed by atoms with Crippen molar-refractivity contribution in [2.75, 3.05) is 5.75 Å². The first kappa shape index (κ1) is 11.4. The molecule has 0 spiro atoms. The summed E-state index contributed by atoms with van der Waals surface area (Å²) in [6.45, 7) is 0. The van der Waals surface area contributed by atoms with Gasteiger partial charge in [-0.3, -0.25) is 0 Å². The maximum absolute atomic E-state index is 11.6. The molecule has 0 N–H and O–H groups in total. The van der Waals surface area contributed by atoms with E-state index in [9.17, 15) is 30.9 Å². The van der Waals surface area contributed by atoms with E-state index in [4.69, 9.17) is 0 Å². The van der Waals surface area contributed by atoms with E-state index >= 15 is 0 Å². The standard InChI is InChI=1S/C4H5F3O4S/c5-4(6,7)3(1-8)2-12(9,10)11/h1,3H,2H2,(H,9,10,11)/p-1. The van der Waals surface area contributed by atoms with Crippen LogP contribution in [0.25, 0.3) is 0 Å². The molecular formula is C4H4F3O4S-. The summed E-state index contributed by atoms with van der Waals surface area (Å²) in [7, 11) is -5.02. The SMILES string of the molecule is O=CC(CS(=O)(=O)[O-])C(F)(F)F. The number of hydrogen-bond donors (Lipinski definition) is 0. The molecule has 72 valence electrons. The lowest BCUT2D eigenvalue weighted by molar-refractivity contribution is -0.169. The molecule has 12 heavy (non-hydrogen) atoms. The number of halogens is 3. The Balaban J connectivity index is 4.51. The molecule has 1 unspecified atom stereocenters. The van der Waals surface area contributed by atoms with Gasteiger partial charge in [0.1, 0.15) is 12.2 Å². The van der Waals surface area contributed by atoms with Crippen LogP contribution in [0.1, 0.15) is 0 Å². The van der Waals surface area contributed by atoms with Crippen LogP contribution in [-0.2, 0) is 14.9 Å². The van der Waals surface area contributed by atoms with Crippen LogP contribution in [0.15, 0.2) is 0 Å². The van der Waals surface area contributed by atoms with E-state index in [1.165, 1.54) is 0 Å². The zero-order valence-corrected chi connectivity index (χ0v) is 6.35. The third-order valence-electron chi connectivity index (χ3n) is 0.968. The molecule has 0 bridgehead atoms. The van der Waals surface area contributed by atoms with Gasteiger partial charge in [0, 0.05) is 0 Å². The molecule has 0 amide bonds. The maximum atomic E-state index is 11.6. The summed E-state index contributed by atoms with van der Waals surface area (Å²) < 4.78 is 64.3. The summed E-state index contributed by atoms with van der Waals surface area (Å²) in [6, 6.07) is 0. The quantitative estimate of drug-likeness (QED) is 0.476. The van der Waals surface area contributed by atoms with Crippen molar-refractivity contribution in [2.45, 2.75) is 6.18 Å². The van der Waals surface area contributed by atoms with Gasteiger partial charge in [0.15, 0.2) is 0 Å². The minimum Gasteiger partial charge on any atom is -0.748 e. The van der Waals surface area contributed by atoms with Crippen molar-refractivity contribution in [1.82, 2.24) is 0 Å². The Morgan fingerprint density at radius 2 is 1.83 bits per heavy atom. The van der Waals surface area contributed by atoms with Gasteiger partial charge in [-0.15, -0.1) is 0 Å². The van der Waals surface area contributed by atoms with Crippen LogP contribution >= 0.6 is 0 Å². The van der Waals surface area contributed by atoms with Crippen LogP contribution in [0, 0.1) is 5.92 Å². The molecule has 0 radical (unpaired) electrons. The second-order valence-corrected chi connectivity index (χ2v) is 3.46. The largest absolute Gasteiger partial charge is 0.748 e. The topological polar surface area (TPSA) is 74.3 Å². The fraction of sp³-hybridized carbons (Fsp3) is 0.750. The summed E-state index contributed by atoms with van der Waals surface area (Å²) in [5, 5.41) is 0. The zero-order chi connectivity index (χ0) is 9.99. The lowest BCUT2D eigenvalue weighted by Crippen LogP contribution is -2.31. The summed E-state index contributed by atoms with van der Waals surface area (Å²) in [5.74, 6) is -4.46. The highest BCUT2D eigenvalue weighted by atomic mass is 32.2. The highest BCUT2D eigenvalue weighted by Crippen LogP contribution is 2.25. The van der Waals surface area contributed by atoms with Crippen LogP contribution in [0.4, 0.5) is 13.2 Å². The first-order valence-electron chi connectivity index (χ1n) is 2.62. The fourth-order valence-corrected chi connectivity index (χ4v) is 1.14. The van der Waals surface area contributed by atoms with Gasteiger partial charge >= 0.3 is 6.18 Å². The van der Waals surface area contributed by atoms with Gasteiger partial charge in [0.2, 0.25) is 0 Å². The van der Waals surface area contributed by atoms with Gasteiger partial charge in [-0.25, -0.2) is 8.42 Å². The van der Waals surface area contributed by atoms with Crippen LogP contribution in [-0.4, -0.2) is 31.2 Å². The predicted octanol–water partition coefficient (Wildman–Crippen LogP) is -0.0910. The third-order valence-corrected chi connectivity index (χ3v) is 1.74. The Morgan fingerprint density at radius 1 is 1.42 bits per heavy atom. The van der Waals surface area contributed by atoms with Gasteiger partial charge in [-0.2, -0.15) is 13.2 Å². The minimum atomic E-state index is -5.02. The van der Waals surface area contributed by atoms with Gasteiger partial charge in [0.25, 0.3) is 0 Å². The number of carbonyl (C=O) groups excluding carboxylic acids is 1. The van der Waals surface area contributed by atoms with Crippen LogP contribution in [0.5, 0.6) is 0 Å². The average Bonchev–Trinajstić information content (AvgIpc) is 1.78. The highest BCUT2D eigenvalue weighted by Gasteiger charge is 2.40. The Morgan fingerprint density at radius 3 is 1.92 bits per heavy atom. The summed E-state index contributed by atoms with van der Waals surface area (Å²) in [5.41, 5.74) is 0. The molecule has 0 aliphatic carbocycles. The van der Waals surface area contributed by atoms with Crippen molar-refractivity contribution in [2.24, 2.45) is 5.92 Å². The van der Waals surface area contributed by atoms with Crippen molar-refractivity contribution < 1.29 is 30.9 Å². The van der Waals surface area contributed by atoms with Crippen molar-refractivity contribution in [3.05, 3.63) is 0 Å². The second kappa shape index (κ2) is 3.40. The Bertz CT molecular complexity index is 254. The predicted molar refractivity (Wildman–Crippen MR) is 30.2 cm³/mol. The second-order valence-electron chi connectivity index (χ2n) is 2.01. The van der Waals surface area contributed by atoms with E-state index in [1.54, 1.807) is 0 Å². The number of rotatable bonds is 3. The van der Waals surface area contributed by atoms with Gasteiger partial charge in [-0.05, 0) is 0 Å². The molecule has 8 heteroatoms. The monoisotopic (exact) mass is 205 g/mol. The summed E-state index contributed by atoms with van der Waals surface area (Å²) in [4.78, 5) is 9.71. The number of hydrogen-bond acceptors (Lipinski definition) is 4. The van der Waals surface area contributed by atoms with Gasteiger partial charge in [0.05, 0.1) is 15.9 Å². The van der Waals surface area contributed by atoms with Gasteiger partial charge < -0.3 is 9.35 Å². The summed E-state index contributed by atoms with van der Waals surface area (Å²) >= 11 is 0. The molecule has 0 heterocycles. The molecule has 1 atom stereocenters. The van der Waals surface area contributed by atoms with Crippen molar-refractivity contribution in [1.29, 1.82) is 0 Å². The molecule has 0 aromatic rings. The lowest BCUT2D eigenvalue weighted by Gasteiger charge is -2.15. The average molecular weight is 205 g/mol. The van der Waals surface area contributed by atoms with Crippen molar-refractivity contribution in [3.8, 4) is 0 Å². The molecule has 0 aromatic heterocycles. The third kappa shape index (κ3) is 4.29. The van der Waals surface area contributed by atoms with Crippen molar-refractivity contribution in [3.63, 3.8) is 0 Å². The summed E-state index contributed by atoms with van der Waals surface area (Å²) in [6.07, 6.45) is -5.57. The van der Waals surface area contributed by atoms with E-state index in [2.05, 4.69) is 0 Å². The molecule has 0 fully saturated rings. The molecular weight excluding hydrogens is 201 g/mol. The molecule has 0 saturated heterocycles. The number of carbonyl (C=O) groups is 1. The minimum absolute atomic E-state index is 0.602. The Kier molecular flexibility index (Phi) is 3.22. The molecule has 0 aliphatic heterocycles. The van der Waals surface area contributed by atoms with Crippen LogP contribution < -0.4 is 0 Å². The maximum Gasteiger partial charge on any atom is 0.399 e. The van der Waals surface area contributed by atoms with E-state index in [1.807, 2.05) is 0 Å². The molecule has 0 aliphatic rings. The first-order chi connectivity index (χ1) is 5.17. The first-order valence-corrected chi connectivity index (χ1v) is 4.20. The smallest absolute Gasteiger partial charge is 0.399 e. The van der Waals surface area contributed by atoms with E-state index in [-0.39, 0.29) is 0 Å². The zero-order valence-electron chi connectivity index (χ0n) is 5.54. The van der Waals surface area contributed by atoms with Crippen LogP contribution in [0.2, 0.25) is 0 Å². The molecule has 0 aromatic carbocycles. The molecule has 0 rings (SSSR count). The number of aldehydes is 1. The molecule has 4 nitrogen and oxygen atoms in total. The van der Waals surface area contributed by atoms with E-state index < -0.39 is 34.3 Å². The Hall–Kier alpha value is -0.630. The highest BCUT2D eigenvalue weighted by molar-refractivity contribution is 7.85. The number of alkyl halides is 3. The van der Waals surface area contributed by atoms with Gasteiger partial charge in [-0.1, -0.05) is 0 Å². The Labute approximate surface area is 66.1 Å². The van der Waals surface area contributed by atoms with E-state index in [0.717, 1.165) is 0 Å². The van der Waals surface area contributed by atoms with E-state index in [0.29, 0.717) is 0 Å². The van der Waals surface area contributed by atoms with Crippen molar-refractivity contribution >= 4 is 16.4 Å². The normalized spacial score (nSPS) is 15.7. The molecule has 0 saturated carbocycles. The fourth-order valence-electron chi connectivity index (χ4n) is 0.431. The van der Waals surface area contributed by atoms with Crippen LogP contribution in [0.3, 0.4) is 0 Å².